The number of amides is 1. The molecule has 0 saturated carbocycles. The van der Waals surface area contributed by atoms with Crippen molar-refractivity contribution in [2.45, 2.75) is 31.4 Å². The van der Waals surface area contributed by atoms with Gasteiger partial charge in [0.15, 0.2) is 11.5 Å². The van der Waals surface area contributed by atoms with E-state index in [-0.39, 0.29) is 15.9 Å². The zero-order valence-electron chi connectivity index (χ0n) is 17.1. The number of aromatic nitrogens is 1. The molecule has 0 aliphatic heterocycles. The van der Waals surface area contributed by atoms with Crippen LogP contribution in [-0.4, -0.2) is 25.3 Å². The fraction of sp³-hybridized carbons (Fsp3) is 0.190. The number of carbonyl (C=O) groups excluding carboxylic acids is 2. The number of benzene rings is 1. The number of nitrogens with zero attached hydrogens (tertiary/aromatic N) is 1. The van der Waals surface area contributed by atoms with Crippen molar-refractivity contribution < 1.29 is 22.5 Å². The maximum absolute atomic E-state index is 12.7. The molecule has 3 rings (SSSR count). The second-order valence-corrected chi connectivity index (χ2v) is 9.66. The maximum atomic E-state index is 12.7. The minimum absolute atomic E-state index is 0.0940. The Morgan fingerprint density at radius 3 is 2.48 bits per heavy atom. The average molecular weight is 460 g/mol. The molecule has 0 fully saturated rings. The molecular formula is C21H21N3O5S2. The molecule has 2 N–H and O–H groups in total. The highest BCUT2D eigenvalue weighted by molar-refractivity contribution is 7.94. The lowest BCUT2D eigenvalue weighted by Gasteiger charge is -2.06. The van der Waals surface area contributed by atoms with Crippen molar-refractivity contribution in [3.63, 3.8) is 0 Å². The summed E-state index contributed by atoms with van der Waals surface area (Å²) in [6, 6.07) is 9.39. The number of ketones is 1. The molecule has 1 aromatic carbocycles. The summed E-state index contributed by atoms with van der Waals surface area (Å²) in [5.74, 6) is 0.122. The molecule has 2 heterocycles. The molecule has 2 aromatic heterocycles. The van der Waals surface area contributed by atoms with Gasteiger partial charge in [0.05, 0.1) is 0 Å². The summed E-state index contributed by atoms with van der Waals surface area (Å²) in [6.45, 7) is 4.91. The third-order valence-corrected chi connectivity index (χ3v) is 7.21. The van der Waals surface area contributed by atoms with Crippen LogP contribution in [0.15, 0.2) is 45.1 Å². The number of nitrogens with one attached hydrogen (secondary N) is 2. The lowest BCUT2D eigenvalue weighted by atomic mass is 10.1. The van der Waals surface area contributed by atoms with E-state index < -0.39 is 10.0 Å². The van der Waals surface area contributed by atoms with Crippen molar-refractivity contribution in [1.82, 2.24) is 5.16 Å². The Labute approximate surface area is 184 Å². The number of sulfonamides is 1. The number of hydrogen-bond acceptors (Lipinski definition) is 7. The smallest absolute Gasteiger partial charge is 0.271 e. The van der Waals surface area contributed by atoms with Crippen LogP contribution in [0.25, 0.3) is 12.2 Å². The summed E-state index contributed by atoms with van der Waals surface area (Å²) in [6.07, 6.45) is 3.64. The van der Waals surface area contributed by atoms with E-state index in [2.05, 4.69) is 15.2 Å². The number of rotatable bonds is 8. The van der Waals surface area contributed by atoms with E-state index in [4.69, 9.17) is 4.52 Å². The number of aryl methyl sites for hydroxylation is 1. The molecule has 0 aliphatic carbocycles. The second kappa shape index (κ2) is 9.27. The first-order valence-corrected chi connectivity index (χ1v) is 11.7. The summed E-state index contributed by atoms with van der Waals surface area (Å²) < 4.78 is 33.2. The summed E-state index contributed by atoms with van der Waals surface area (Å²) in [5, 5.41) is 6.60. The molecule has 10 heteroatoms. The molecule has 0 radical (unpaired) electrons. The SMILES string of the molecule is CCC(=O)Nc1c(C)noc1C=Cc1ccc(S(=O)(=O)Nc2ccc(C(C)=O)cc2)s1. The first-order valence-electron chi connectivity index (χ1n) is 9.37. The Balaban J connectivity index is 1.75. The van der Waals surface area contributed by atoms with Crippen molar-refractivity contribution in [2.24, 2.45) is 0 Å². The van der Waals surface area contributed by atoms with E-state index in [0.29, 0.717) is 39.7 Å². The van der Waals surface area contributed by atoms with Crippen molar-refractivity contribution in [3.8, 4) is 0 Å². The van der Waals surface area contributed by atoms with Gasteiger partial charge in [-0.1, -0.05) is 12.1 Å². The van der Waals surface area contributed by atoms with Crippen LogP contribution in [0.4, 0.5) is 11.4 Å². The number of thiophene rings is 1. The highest BCUT2D eigenvalue weighted by Crippen LogP contribution is 2.27. The largest absolute Gasteiger partial charge is 0.354 e. The van der Waals surface area contributed by atoms with Crippen LogP contribution >= 0.6 is 11.3 Å². The van der Waals surface area contributed by atoms with Gasteiger partial charge < -0.3 is 9.84 Å². The minimum atomic E-state index is -3.77. The van der Waals surface area contributed by atoms with Gasteiger partial charge in [-0.05, 0) is 62.4 Å². The maximum Gasteiger partial charge on any atom is 0.271 e. The van der Waals surface area contributed by atoms with Crippen LogP contribution in [0.2, 0.25) is 0 Å². The van der Waals surface area contributed by atoms with E-state index in [0.717, 1.165) is 11.3 Å². The van der Waals surface area contributed by atoms with Gasteiger partial charge in [-0.3, -0.25) is 14.3 Å². The molecule has 1 amide bonds. The number of hydrogen-bond donors (Lipinski definition) is 2. The van der Waals surface area contributed by atoms with Crippen molar-refractivity contribution in [3.05, 3.63) is 58.3 Å². The standard InChI is InChI=1S/C21H21N3O5S2/c1-4-19(26)22-21-13(2)23-29-18(21)11-9-17-10-12-20(30-17)31(27,28)24-16-7-5-15(6-8-16)14(3)25/h5-12,24H,4H2,1-3H3,(H,22,26). The Morgan fingerprint density at radius 1 is 1.13 bits per heavy atom. The molecule has 8 nitrogen and oxygen atoms in total. The quantitative estimate of drug-likeness (QED) is 0.477. The van der Waals surface area contributed by atoms with E-state index >= 15 is 0 Å². The molecule has 0 atom stereocenters. The average Bonchev–Trinajstić information content (AvgIpc) is 3.34. The van der Waals surface area contributed by atoms with Gasteiger partial charge in [-0.15, -0.1) is 11.3 Å². The molecule has 0 unspecified atom stereocenters. The van der Waals surface area contributed by atoms with Gasteiger partial charge in [-0.25, -0.2) is 8.42 Å². The monoisotopic (exact) mass is 459 g/mol. The zero-order chi connectivity index (χ0) is 22.6. The topological polar surface area (TPSA) is 118 Å². The first-order chi connectivity index (χ1) is 14.7. The predicted molar refractivity (Wildman–Crippen MR) is 121 cm³/mol. The molecule has 0 aliphatic rings. The first kappa shape index (κ1) is 22.4. The van der Waals surface area contributed by atoms with Gasteiger partial charge in [0, 0.05) is 22.5 Å². The summed E-state index contributed by atoms with van der Waals surface area (Å²) in [4.78, 5) is 23.7. The third kappa shape index (κ3) is 5.47. The number of carbonyl (C=O) groups is 2. The van der Waals surface area contributed by atoms with E-state index in [9.17, 15) is 18.0 Å². The molecule has 0 bridgehead atoms. The normalized spacial score (nSPS) is 11.6. The second-order valence-electron chi connectivity index (χ2n) is 6.64. The number of anilines is 2. The summed E-state index contributed by atoms with van der Waals surface area (Å²) in [7, 11) is -3.77. The molecule has 0 saturated heterocycles. The Hall–Kier alpha value is -3.24. The van der Waals surface area contributed by atoms with E-state index in [1.807, 2.05) is 0 Å². The minimum Gasteiger partial charge on any atom is -0.354 e. The summed E-state index contributed by atoms with van der Waals surface area (Å²) >= 11 is 1.08. The zero-order valence-corrected chi connectivity index (χ0v) is 18.8. The molecule has 0 spiro atoms. The fourth-order valence-electron chi connectivity index (χ4n) is 2.59. The Bertz CT molecular complexity index is 1240. The van der Waals surface area contributed by atoms with Crippen LogP contribution in [0, 0.1) is 6.92 Å². The van der Waals surface area contributed by atoms with E-state index in [1.165, 1.54) is 13.0 Å². The van der Waals surface area contributed by atoms with Gasteiger partial charge in [0.2, 0.25) is 5.91 Å². The van der Waals surface area contributed by atoms with Crippen LogP contribution < -0.4 is 10.0 Å². The van der Waals surface area contributed by atoms with Crippen molar-refractivity contribution >= 4 is 56.6 Å². The van der Waals surface area contributed by atoms with Crippen LogP contribution in [-0.2, 0) is 14.8 Å². The fourth-order valence-corrected chi connectivity index (χ4v) is 4.87. The number of Topliss-reactive ketones (excluding diaryl/α,β-unsaturated/α-hetero) is 1. The van der Waals surface area contributed by atoms with Gasteiger partial charge >= 0.3 is 0 Å². The van der Waals surface area contributed by atoms with Crippen LogP contribution in [0.1, 0.15) is 47.0 Å². The predicted octanol–water partition coefficient (Wildman–Crippen LogP) is 4.57. The summed E-state index contributed by atoms with van der Waals surface area (Å²) in [5.41, 5.74) is 1.91. The molecule has 3 aromatic rings. The van der Waals surface area contributed by atoms with Crippen LogP contribution in [0.5, 0.6) is 0 Å². The lowest BCUT2D eigenvalue weighted by molar-refractivity contribution is -0.115. The van der Waals surface area contributed by atoms with Gasteiger partial charge in [0.25, 0.3) is 10.0 Å². The Kier molecular flexibility index (Phi) is 6.71. The van der Waals surface area contributed by atoms with Crippen molar-refractivity contribution in [2.75, 3.05) is 10.0 Å². The van der Waals surface area contributed by atoms with Gasteiger partial charge in [0.1, 0.15) is 15.6 Å². The lowest BCUT2D eigenvalue weighted by Crippen LogP contribution is -2.11. The Morgan fingerprint density at radius 2 is 1.84 bits per heavy atom. The highest BCUT2D eigenvalue weighted by Gasteiger charge is 2.17. The molecule has 31 heavy (non-hydrogen) atoms. The molecule has 162 valence electrons. The highest BCUT2D eigenvalue weighted by atomic mass is 32.2. The van der Waals surface area contributed by atoms with Crippen LogP contribution in [0.3, 0.4) is 0 Å². The molecular weight excluding hydrogens is 438 g/mol. The van der Waals surface area contributed by atoms with Gasteiger partial charge in [-0.2, -0.15) is 0 Å². The van der Waals surface area contributed by atoms with E-state index in [1.54, 1.807) is 56.3 Å². The third-order valence-electron chi connectivity index (χ3n) is 4.28. The van der Waals surface area contributed by atoms with Crippen molar-refractivity contribution in [1.29, 1.82) is 0 Å².